The summed E-state index contributed by atoms with van der Waals surface area (Å²) in [4.78, 5) is 0. The van der Waals surface area contributed by atoms with E-state index in [1.54, 1.807) is 6.07 Å². The maximum atomic E-state index is 13.3. The van der Waals surface area contributed by atoms with Crippen LogP contribution in [0.3, 0.4) is 0 Å². The van der Waals surface area contributed by atoms with E-state index in [2.05, 4.69) is 12.0 Å². The Kier molecular flexibility index (Phi) is 3.13. The lowest BCUT2D eigenvalue weighted by Crippen LogP contribution is -2.26. The first-order chi connectivity index (χ1) is 9.51. The summed E-state index contributed by atoms with van der Waals surface area (Å²) in [5, 5.41) is 15.3. The topological polar surface area (TPSA) is 38.0 Å². The van der Waals surface area contributed by atoms with Gasteiger partial charge in [-0.3, -0.25) is 4.68 Å². The first-order valence-corrected chi connectivity index (χ1v) is 7.05. The molecule has 4 heteroatoms. The average Bonchev–Trinajstić information content (AvgIpc) is 2.92. The van der Waals surface area contributed by atoms with Crippen LogP contribution in [0, 0.1) is 5.82 Å². The molecule has 3 nitrogen and oxygen atoms in total. The van der Waals surface area contributed by atoms with Crippen molar-refractivity contribution in [3.05, 3.63) is 52.6 Å². The van der Waals surface area contributed by atoms with Crippen molar-refractivity contribution in [2.45, 2.75) is 38.2 Å². The summed E-state index contributed by atoms with van der Waals surface area (Å²) in [6.07, 6.45) is 2.77. The highest BCUT2D eigenvalue weighted by Crippen LogP contribution is 2.39. The van der Waals surface area contributed by atoms with Crippen molar-refractivity contribution in [2.24, 2.45) is 7.05 Å². The molecule has 106 valence electrons. The second-order valence-corrected chi connectivity index (χ2v) is 5.61. The molecule has 0 spiro atoms. The van der Waals surface area contributed by atoms with Crippen molar-refractivity contribution >= 4 is 0 Å². The van der Waals surface area contributed by atoms with E-state index in [0.717, 1.165) is 35.4 Å². The van der Waals surface area contributed by atoms with Crippen LogP contribution >= 0.6 is 0 Å². The third kappa shape index (κ3) is 2.14. The largest absolute Gasteiger partial charge is 0.385 e. The van der Waals surface area contributed by atoms with Gasteiger partial charge < -0.3 is 5.11 Å². The van der Waals surface area contributed by atoms with Crippen LogP contribution in [0.15, 0.2) is 24.3 Å². The number of hydrogen-bond donors (Lipinski definition) is 1. The van der Waals surface area contributed by atoms with Crippen molar-refractivity contribution in [3.8, 4) is 0 Å². The van der Waals surface area contributed by atoms with E-state index in [9.17, 15) is 9.50 Å². The second-order valence-electron chi connectivity index (χ2n) is 5.61. The summed E-state index contributed by atoms with van der Waals surface area (Å²) in [6, 6.07) is 6.72. The van der Waals surface area contributed by atoms with Crippen LogP contribution < -0.4 is 0 Å². The zero-order valence-electron chi connectivity index (χ0n) is 11.9. The van der Waals surface area contributed by atoms with E-state index in [1.165, 1.54) is 12.1 Å². The van der Waals surface area contributed by atoms with Gasteiger partial charge in [-0.25, -0.2) is 4.39 Å². The van der Waals surface area contributed by atoms with Gasteiger partial charge in [0.1, 0.15) is 5.82 Å². The Hall–Kier alpha value is -1.68. The molecule has 1 aliphatic rings. The van der Waals surface area contributed by atoms with Crippen molar-refractivity contribution in [1.82, 2.24) is 9.78 Å². The molecule has 0 amide bonds. The highest BCUT2D eigenvalue weighted by atomic mass is 19.1. The number of rotatable bonds is 3. The normalized spacial score (nSPS) is 21.2. The quantitative estimate of drug-likeness (QED) is 0.934. The highest BCUT2D eigenvalue weighted by Gasteiger charge is 2.37. The lowest BCUT2D eigenvalue weighted by atomic mass is 9.90. The molecule has 0 aliphatic heterocycles. The van der Waals surface area contributed by atoms with Crippen molar-refractivity contribution in [1.29, 1.82) is 0 Å². The minimum atomic E-state index is -0.901. The van der Waals surface area contributed by atoms with Gasteiger partial charge >= 0.3 is 0 Å². The SMILES string of the molecule is CCc1cc(CC2(O)CCc3cc(F)ccc32)n(C)n1. The van der Waals surface area contributed by atoms with Gasteiger partial charge in [0.05, 0.1) is 11.3 Å². The fourth-order valence-electron chi connectivity index (χ4n) is 3.09. The molecule has 0 saturated heterocycles. The van der Waals surface area contributed by atoms with Crippen LogP contribution in [-0.4, -0.2) is 14.9 Å². The molecule has 1 aliphatic carbocycles. The molecule has 20 heavy (non-hydrogen) atoms. The van der Waals surface area contributed by atoms with E-state index >= 15 is 0 Å². The van der Waals surface area contributed by atoms with Crippen LogP contribution in [0.1, 0.15) is 35.9 Å². The number of halogens is 1. The molecule has 2 aromatic rings. The number of aliphatic hydroxyl groups is 1. The number of benzene rings is 1. The number of aryl methyl sites for hydroxylation is 3. The number of nitrogens with zero attached hydrogens (tertiary/aromatic N) is 2. The molecule has 1 unspecified atom stereocenters. The van der Waals surface area contributed by atoms with E-state index in [0.29, 0.717) is 12.8 Å². The first kappa shape index (κ1) is 13.3. The zero-order chi connectivity index (χ0) is 14.3. The Morgan fingerprint density at radius 1 is 1.40 bits per heavy atom. The monoisotopic (exact) mass is 274 g/mol. The molecule has 0 fully saturated rings. The summed E-state index contributed by atoms with van der Waals surface area (Å²) < 4.78 is 15.1. The highest BCUT2D eigenvalue weighted by molar-refractivity contribution is 5.38. The Bertz CT molecular complexity index is 650. The zero-order valence-corrected chi connectivity index (χ0v) is 11.9. The average molecular weight is 274 g/mol. The van der Waals surface area contributed by atoms with E-state index in [-0.39, 0.29) is 5.82 Å². The summed E-state index contributed by atoms with van der Waals surface area (Å²) in [5.41, 5.74) is 2.93. The number of hydrogen-bond acceptors (Lipinski definition) is 2. The molecule has 0 radical (unpaired) electrons. The number of aromatic nitrogens is 2. The molecule has 0 bridgehead atoms. The lowest BCUT2D eigenvalue weighted by molar-refractivity contribution is 0.0370. The van der Waals surface area contributed by atoms with E-state index in [1.807, 2.05) is 17.8 Å². The lowest BCUT2D eigenvalue weighted by Gasteiger charge is -2.24. The number of fused-ring (bicyclic) bond motifs is 1. The standard InChI is InChI=1S/C16H19FN2O/c1-3-13-9-14(19(2)18-13)10-16(20)7-6-11-8-12(17)4-5-15(11)16/h4-5,8-9,20H,3,6-7,10H2,1-2H3. The van der Waals surface area contributed by atoms with Gasteiger partial charge in [0.25, 0.3) is 0 Å². The summed E-state index contributed by atoms with van der Waals surface area (Å²) in [5.74, 6) is -0.234. The fraction of sp³-hybridized carbons (Fsp3) is 0.438. The minimum absolute atomic E-state index is 0.234. The Balaban J connectivity index is 1.93. The Morgan fingerprint density at radius 3 is 2.90 bits per heavy atom. The smallest absolute Gasteiger partial charge is 0.123 e. The van der Waals surface area contributed by atoms with Crippen LogP contribution in [0.25, 0.3) is 0 Å². The van der Waals surface area contributed by atoms with Crippen molar-refractivity contribution in [2.75, 3.05) is 0 Å². The predicted molar refractivity (Wildman–Crippen MR) is 74.9 cm³/mol. The summed E-state index contributed by atoms with van der Waals surface area (Å²) >= 11 is 0. The van der Waals surface area contributed by atoms with Crippen LogP contribution in [0.2, 0.25) is 0 Å². The Morgan fingerprint density at radius 2 is 2.20 bits per heavy atom. The maximum Gasteiger partial charge on any atom is 0.123 e. The van der Waals surface area contributed by atoms with Gasteiger partial charge in [0.15, 0.2) is 0 Å². The van der Waals surface area contributed by atoms with Crippen molar-refractivity contribution in [3.63, 3.8) is 0 Å². The van der Waals surface area contributed by atoms with Crippen LogP contribution in [0.5, 0.6) is 0 Å². The van der Waals surface area contributed by atoms with Crippen molar-refractivity contribution < 1.29 is 9.50 Å². The van der Waals surface area contributed by atoms with Gasteiger partial charge in [0.2, 0.25) is 0 Å². The molecule has 1 atom stereocenters. The molecule has 1 heterocycles. The second kappa shape index (κ2) is 4.70. The summed E-state index contributed by atoms with van der Waals surface area (Å²) in [6.45, 7) is 2.06. The first-order valence-electron chi connectivity index (χ1n) is 7.05. The third-order valence-electron chi connectivity index (χ3n) is 4.24. The Labute approximate surface area is 118 Å². The molecule has 0 saturated carbocycles. The van der Waals surface area contributed by atoms with E-state index < -0.39 is 5.60 Å². The van der Waals surface area contributed by atoms with Gasteiger partial charge in [-0.15, -0.1) is 0 Å². The molecular formula is C16H19FN2O. The molecule has 1 aromatic carbocycles. The van der Waals surface area contributed by atoms with Gasteiger partial charge in [0, 0.05) is 19.2 Å². The van der Waals surface area contributed by atoms with Gasteiger partial charge in [-0.1, -0.05) is 13.0 Å². The fourth-order valence-corrected chi connectivity index (χ4v) is 3.09. The van der Waals surface area contributed by atoms with Crippen LogP contribution in [0.4, 0.5) is 4.39 Å². The molecule has 3 rings (SSSR count). The molecule has 1 N–H and O–H groups in total. The van der Waals surface area contributed by atoms with Gasteiger partial charge in [-0.2, -0.15) is 5.10 Å². The van der Waals surface area contributed by atoms with Gasteiger partial charge in [-0.05, 0) is 48.6 Å². The van der Waals surface area contributed by atoms with E-state index in [4.69, 9.17) is 0 Å². The van der Waals surface area contributed by atoms with Crippen LogP contribution in [-0.2, 0) is 31.9 Å². The maximum absolute atomic E-state index is 13.3. The minimum Gasteiger partial charge on any atom is -0.385 e. The molecule has 1 aromatic heterocycles. The predicted octanol–water partition coefficient (Wildman–Crippen LogP) is 2.50. The summed E-state index contributed by atoms with van der Waals surface area (Å²) in [7, 11) is 1.90. The molecular weight excluding hydrogens is 255 g/mol. The third-order valence-corrected chi connectivity index (χ3v) is 4.24.